The monoisotopic (exact) mass is 201 g/mol. The molecule has 0 saturated carbocycles. The maximum absolute atomic E-state index is 5.68. The van der Waals surface area contributed by atoms with Gasteiger partial charge in [0.05, 0.1) is 6.10 Å². The highest BCUT2D eigenvalue weighted by Crippen LogP contribution is 2.32. The Morgan fingerprint density at radius 3 is 1.86 bits per heavy atom. The van der Waals surface area contributed by atoms with Crippen LogP contribution < -0.4 is 5.48 Å². The van der Waals surface area contributed by atoms with E-state index in [0.29, 0.717) is 5.41 Å². The van der Waals surface area contributed by atoms with Crippen molar-refractivity contribution in [1.29, 1.82) is 0 Å². The molecule has 1 unspecified atom stereocenters. The molecular formula is C12H27NO. The minimum Gasteiger partial charge on any atom is -0.298 e. The van der Waals surface area contributed by atoms with Crippen molar-refractivity contribution in [2.45, 2.75) is 61.0 Å². The highest BCUT2D eigenvalue weighted by Gasteiger charge is 2.30. The van der Waals surface area contributed by atoms with Gasteiger partial charge < -0.3 is 0 Å². The summed E-state index contributed by atoms with van der Waals surface area (Å²) in [5.41, 5.74) is 3.48. The molecule has 1 atom stereocenters. The number of rotatable bonds is 4. The highest BCUT2D eigenvalue weighted by atomic mass is 16.7. The van der Waals surface area contributed by atoms with Gasteiger partial charge in [0.2, 0.25) is 0 Å². The van der Waals surface area contributed by atoms with Gasteiger partial charge in [-0.2, -0.15) is 0 Å². The highest BCUT2D eigenvalue weighted by molar-refractivity contribution is 4.79. The van der Waals surface area contributed by atoms with E-state index in [1.165, 1.54) is 0 Å². The smallest absolute Gasteiger partial charge is 0.0843 e. The fraction of sp³-hybridized carbons (Fsp3) is 1.00. The molecule has 0 heterocycles. The van der Waals surface area contributed by atoms with E-state index < -0.39 is 0 Å². The fourth-order valence-electron chi connectivity index (χ4n) is 1.26. The van der Waals surface area contributed by atoms with Crippen LogP contribution in [0.2, 0.25) is 0 Å². The van der Waals surface area contributed by atoms with Gasteiger partial charge in [0.25, 0.3) is 0 Å². The molecule has 0 aliphatic heterocycles. The molecule has 0 aromatic carbocycles. The van der Waals surface area contributed by atoms with Crippen molar-refractivity contribution in [1.82, 2.24) is 5.48 Å². The second kappa shape index (κ2) is 5.13. The Morgan fingerprint density at radius 2 is 1.57 bits per heavy atom. The van der Waals surface area contributed by atoms with Crippen LogP contribution in [0.5, 0.6) is 0 Å². The summed E-state index contributed by atoms with van der Waals surface area (Å²) in [6.45, 7) is 16.3. The van der Waals surface area contributed by atoms with Gasteiger partial charge in [-0.3, -0.25) is 4.84 Å². The molecule has 0 saturated heterocycles. The predicted molar refractivity (Wildman–Crippen MR) is 62.1 cm³/mol. The Balaban J connectivity index is 4.26. The normalized spacial score (nSPS) is 15.6. The number of hydrogen-bond acceptors (Lipinski definition) is 2. The van der Waals surface area contributed by atoms with E-state index in [0.717, 1.165) is 13.0 Å². The number of hydroxylamine groups is 1. The SMILES string of the molecule is CCNOC(CC(C)(C)C)C(C)(C)C. The third kappa shape index (κ3) is 6.39. The molecule has 2 nitrogen and oxygen atoms in total. The largest absolute Gasteiger partial charge is 0.298 e. The molecule has 0 aliphatic rings. The van der Waals surface area contributed by atoms with Gasteiger partial charge in [-0.25, -0.2) is 5.48 Å². The van der Waals surface area contributed by atoms with Crippen molar-refractivity contribution in [3.63, 3.8) is 0 Å². The fourth-order valence-corrected chi connectivity index (χ4v) is 1.26. The van der Waals surface area contributed by atoms with Gasteiger partial charge in [-0.15, -0.1) is 0 Å². The van der Waals surface area contributed by atoms with Crippen LogP contribution in [0.1, 0.15) is 54.9 Å². The summed E-state index contributed by atoms with van der Waals surface area (Å²) in [5, 5.41) is 0. The molecular weight excluding hydrogens is 174 g/mol. The summed E-state index contributed by atoms with van der Waals surface area (Å²) in [7, 11) is 0. The Hall–Kier alpha value is -0.0800. The summed E-state index contributed by atoms with van der Waals surface area (Å²) >= 11 is 0. The second-order valence-corrected chi connectivity index (χ2v) is 6.24. The maximum Gasteiger partial charge on any atom is 0.0843 e. The molecule has 0 aromatic rings. The Labute approximate surface area is 89.4 Å². The predicted octanol–water partition coefficient (Wildman–Crippen LogP) is 3.38. The van der Waals surface area contributed by atoms with E-state index in [-0.39, 0.29) is 11.5 Å². The first-order chi connectivity index (χ1) is 6.17. The van der Waals surface area contributed by atoms with Crippen LogP contribution in [0, 0.1) is 10.8 Å². The van der Waals surface area contributed by atoms with E-state index in [1.54, 1.807) is 0 Å². The summed E-state index contributed by atoms with van der Waals surface area (Å²) < 4.78 is 0. The molecule has 14 heavy (non-hydrogen) atoms. The summed E-state index contributed by atoms with van der Waals surface area (Å²) in [6.07, 6.45) is 1.34. The second-order valence-electron chi connectivity index (χ2n) is 6.24. The first-order valence-electron chi connectivity index (χ1n) is 5.55. The molecule has 0 rings (SSSR count). The van der Waals surface area contributed by atoms with Crippen LogP contribution in [-0.2, 0) is 4.84 Å². The molecule has 2 heteroatoms. The van der Waals surface area contributed by atoms with Crippen LogP contribution in [0.15, 0.2) is 0 Å². The molecule has 0 spiro atoms. The van der Waals surface area contributed by atoms with Crippen molar-refractivity contribution >= 4 is 0 Å². The number of nitrogens with one attached hydrogen (secondary N) is 1. The number of hydrogen-bond donors (Lipinski definition) is 1. The van der Waals surface area contributed by atoms with Gasteiger partial charge in [0, 0.05) is 6.54 Å². The van der Waals surface area contributed by atoms with Crippen molar-refractivity contribution in [2.24, 2.45) is 10.8 Å². The molecule has 1 N–H and O–H groups in total. The topological polar surface area (TPSA) is 21.3 Å². The molecule has 0 amide bonds. The van der Waals surface area contributed by atoms with E-state index in [4.69, 9.17) is 4.84 Å². The average Bonchev–Trinajstić information content (AvgIpc) is 1.93. The maximum atomic E-state index is 5.68. The van der Waals surface area contributed by atoms with Crippen molar-refractivity contribution in [3.05, 3.63) is 0 Å². The van der Waals surface area contributed by atoms with Gasteiger partial charge in [-0.1, -0.05) is 48.5 Å². The van der Waals surface area contributed by atoms with Crippen molar-refractivity contribution < 1.29 is 4.84 Å². The lowest BCUT2D eigenvalue weighted by Crippen LogP contribution is -2.37. The summed E-state index contributed by atoms with van der Waals surface area (Å²) in [4.78, 5) is 5.68. The zero-order valence-corrected chi connectivity index (χ0v) is 10.9. The van der Waals surface area contributed by atoms with E-state index >= 15 is 0 Å². The first-order valence-corrected chi connectivity index (χ1v) is 5.55. The third-order valence-electron chi connectivity index (χ3n) is 2.13. The molecule has 0 fully saturated rings. The lowest BCUT2D eigenvalue weighted by Gasteiger charge is -2.34. The van der Waals surface area contributed by atoms with Gasteiger partial charge in [0.15, 0.2) is 0 Å². The first kappa shape index (κ1) is 13.9. The van der Waals surface area contributed by atoms with Gasteiger partial charge in [0.1, 0.15) is 0 Å². The quantitative estimate of drug-likeness (QED) is 0.704. The van der Waals surface area contributed by atoms with Crippen LogP contribution in [0.3, 0.4) is 0 Å². The molecule has 86 valence electrons. The van der Waals surface area contributed by atoms with E-state index in [1.807, 2.05) is 0 Å². The van der Waals surface area contributed by atoms with Crippen molar-refractivity contribution in [2.75, 3.05) is 6.54 Å². The van der Waals surface area contributed by atoms with Crippen LogP contribution in [-0.4, -0.2) is 12.6 Å². The molecule has 0 aromatic heterocycles. The van der Waals surface area contributed by atoms with Crippen LogP contribution >= 0.6 is 0 Å². The van der Waals surface area contributed by atoms with E-state index in [2.05, 4.69) is 53.9 Å². The van der Waals surface area contributed by atoms with Gasteiger partial charge in [-0.05, 0) is 17.3 Å². The molecule has 0 bridgehead atoms. The van der Waals surface area contributed by atoms with Crippen molar-refractivity contribution in [3.8, 4) is 0 Å². The summed E-state index contributed by atoms with van der Waals surface area (Å²) in [6, 6.07) is 0. The average molecular weight is 201 g/mol. The van der Waals surface area contributed by atoms with Crippen LogP contribution in [0.25, 0.3) is 0 Å². The Kier molecular flexibility index (Phi) is 5.10. The Morgan fingerprint density at radius 1 is 1.07 bits per heavy atom. The van der Waals surface area contributed by atoms with Crippen LogP contribution in [0.4, 0.5) is 0 Å². The lowest BCUT2D eigenvalue weighted by molar-refractivity contribution is -0.0926. The van der Waals surface area contributed by atoms with E-state index in [9.17, 15) is 0 Å². The third-order valence-corrected chi connectivity index (χ3v) is 2.13. The molecule has 0 radical (unpaired) electrons. The van der Waals surface area contributed by atoms with Gasteiger partial charge >= 0.3 is 0 Å². The minimum atomic E-state index is 0.190. The summed E-state index contributed by atoms with van der Waals surface area (Å²) in [5.74, 6) is 0. The zero-order chi connectivity index (χ0) is 11.4. The minimum absolute atomic E-state index is 0.190. The molecule has 0 aliphatic carbocycles. The standard InChI is InChI=1S/C12H27NO/c1-8-13-14-10(12(5,6)7)9-11(2,3)4/h10,13H,8-9H2,1-7H3. The Bertz CT molecular complexity index is 153. The lowest BCUT2D eigenvalue weighted by atomic mass is 9.79. The zero-order valence-electron chi connectivity index (χ0n) is 10.9.